The topological polar surface area (TPSA) is 38.2 Å². The first-order valence-electron chi connectivity index (χ1n) is 6.84. The summed E-state index contributed by atoms with van der Waals surface area (Å²) >= 11 is 0. The highest BCUT2D eigenvalue weighted by Gasteiger charge is 2.36. The smallest absolute Gasteiger partial charge is 0.156 e. The second-order valence-corrected chi connectivity index (χ2v) is 5.57. The maximum atomic E-state index is 5.13. The van der Waals surface area contributed by atoms with Gasteiger partial charge in [-0.2, -0.15) is 0 Å². The number of hydrogen-bond donors (Lipinski definition) is 0. The Morgan fingerprint density at radius 3 is 2.67 bits per heavy atom. The molecule has 2 fully saturated rings. The number of fused-ring (bicyclic) bond motifs is 1. The summed E-state index contributed by atoms with van der Waals surface area (Å²) in [5, 5.41) is 0. The average molecular weight is 247 g/mol. The van der Waals surface area contributed by atoms with Crippen LogP contribution in [0.2, 0.25) is 0 Å². The summed E-state index contributed by atoms with van der Waals surface area (Å²) in [5.41, 5.74) is 1.03. The van der Waals surface area contributed by atoms with Crippen LogP contribution < -0.4 is 4.90 Å². The molecule has 0 radical (unpaired) electrons. The largest absolute Gasteiger partial charge is 0.377 e. The summed E-state index contributed by atoms with van der Waals surface area (Å²) in [6.07, 6.45) is 4.22. The van der Waals surface area contributed by atoms with E-state index in [2.05, 4.69) is 20.9 Å². The van der Waals surface area contributed by atoms with Crippen LogP contribution in [0.4, 0.5) is 5.82 Å². The number of nitrogens with zero attached hydrogens (tertiary/aromatic N) is 3. The molecule has 0 spiro atoms. The molecule has 4 heteroatoms. The normalized spacial score (nSPS) is 26.7. The van der Waals surface area contributed by atoms with E-state index in [4.69, 9.17) is 4.74 Å². The van der Waals surface area contributed by atoms with Crippen molar-refractivity contribution in [1.29, 1.82) is 0 Å². The molecule has 2 aliphatic rings. The Bertz CT molecular complexity index is 423. The molecule has 0 unspecified atom stereocenters. The van der Waals surface area contributed by atoms with Gasteiger partial charge < -0.3 is 9.64 Å². The Balaban J connectivity index is 1.79. The molecule has 2 atom stereocenters. The van der Waals surface area contributed by atoms with Crippen molar-refractivity contribution in [3.8, 4) is 0 Å². The molecular formula is C14H21N3O. The molecule has 98 valence electrons. The third-order valence-electron chi connectivity index (χ3n) is 4.21. The monoisotopic (exact) mass is 247 g/mol. The van der Waals surface area contributed by atoms with Crippen LogP contribution in [-0.2, 0) is 11.3 Å². The summed E-state index contributed by atoms with van der Waals surface area (Å²) in [6, 6.07) is 2.10. The third kappa shape index (κ3) is 2.21. The van der Waals surface area contributed by atoms with E-state index < -0.39 is 0 Å². The summed E-state index contributed by atoms with van der Waals surface area (Å²) in [7, 11) is 1.69. The van der Waals surface area contributed by atoms with Crippen molar-refractivity contribution < 1.29 is 4.74 Å². The second kappa shape index (κ2) is 4.84. The highest BCUT2D eigenvalue weighted by Crippen LogP contribution is 2.39. The van der Waals surface area contributed by atoms with E-state index in [0.29, 0.717) is 6.61 Å². The van der Waals surface area contributed by atoms with Crippen LogP contribution in [0.1, 0.15) is 30.8 Å². The predicted octanol–water partition coefficient (Wildman–Crippen LogP) is 2.17. The summed E-state index contributed by atoms with van der Waals surface area (Å²) in [6.45, 7) is 4.87. The Morgan fingerprint density at radius 1 is 1.28 bits per heavy atom. The zero-order valence-electron chi connectivity index (χ0n) is 11.2. The average Bonchev–Trinajstić information content (AvgIpc) is 2.88. The van der Waals surface area contributed by atoms with E-state index in [1.165, 1.54) is 32.4 Å². The number of aryl methyl sites for hydroxylation is 1. The van der Waals surface area contributed by atoms with Crippen molar-refractivity contribution in [1.82, 2.24) is 9.97 Å². The molecule has 0 bridgehead atoms. The fraction of sp³-hybridized carbons (Fsp3) is 0.714. The maximum Gasteiger partial charge on any atom is 0.156 e. The van der Waals surface area contributed by atoms with E-state index in [0.717, 1.165) is 29.2 Å². The van der Waals surface area contributed by atoms with Crippen molar-refractivity contribution in [2.45, 2.75) is 32.8 Å². The number of methoxy groups -OCH3 is 1. The predicted molar refractivity (Wildman–Crippen MR) is 70.5 cm³/mol. The molecule has 3 rings (SSSR count). The van der Waals surface area contributed by atoms with Gasteiger partial charge in [0, 0.05) is 32.0 Å². The van der Waals surface area contributed by atoms with Crippen LogP contribution in [0.15, 0.2) is 6.07 Å². The highest BCUT2D eigenvalue weighted by atomic mass is 16.5. The Labute approximate surface area is 108 Å². The molecule has 1 aliphatic carbocycles. The van der Waals surface area contributed by atoms with Crippen LogP contribution in [0, 0.1) is 18.8 Å². The molecule has 1 aromatic heterocycles. The quantitative estimate of drug-likeness (QED) is 0.820. The number of rotatable bonds is 3. The number of aromatic nitrogens is 2. The first kappa shape index (κ1) is 11.9. The van der Waals surface area contributed by atoms with Crippen LogP contribution >= 0.6 is 0 Å². The van der Waals surface area contributed by atoms with Crippen LogP contribution in [-0.4, -0.2) is 30.2 Å². The fourth-order valence-electron chi connectivity index (χ4n) is 3.39. The van der Waals surface area contributed by atoms with Gasteiger partial charge in [0.2, 0.25) is 0 Å². The fourth-order valence-corrected chi connectivity index (χ4v) is 3.39. The van der Waals surface area contributed by atoms with Gasteiger partial charge in [0.25, 0.3) is 0 Å². The van der Waals surface area contributed by atoms with Gasteiger partial charge in [-0.3, -0.25) is 0 Å². The Morgan fingerprint density at radius 2 is 2.00 bits per heavy atom. The van der Waals surface area contributed by atoms with Crippen LogP contribution in [0.3, 0.4) is 0 Å². The van der Waals surface area contributed by atoms with Crippen LogP contribution in [0.25, 0.3) is 0 Å². The van der Waals surface area contributed by atoms with E-state index in [1.54, 1.807) is 7.11 Å². The SMILES string of the molecule is COCc1nc(C)cc(N2C[C@H]3CCC[C@@H]3C2)n1. The van der Waals surface area contributed by atoms with Gasteiger partial charge in [0.1, 0.15) is 12.4 Å². The van der Waals surface area contributed by atoms with E-state index in [9.17, 15) is 0 Å². The lowest BCUT2D eigenvalue weighted by atomic mass is 10.0. The van der Waals surface area contributed by atoms with Crippen molar-refractivity contribution in [3.63, 3.8) is 0 Å². The zero-order chi connectivity index (χ0) is 12.5. The van der Waals surface area contributed by atoms with Crippen LogP contribution in [0.5, 0.6) is 0 Å². The minimum Gasteiger partial charge on any atom is -0.377 e. The van der Waals surface area contributed by atoms with Crippen molar-refractivity contribution in [2.24, 2.45) is 11.8 Å². The molecule has 0 amide bonds. The second-order valence-electron chi connectivity index (χ2n) is 5.57. The van der Waals surface area contributed by atoms with E-state index in [1.807, 2.05) is 6.92 Å². The van der Waals surface area contributed by atoms with Gasteiger partial charge in [-0.1, -0.05) is 6.42 Å². The molecule has 1 saturated carbocycles. The lowest BCUT2D eigenvalue weighted by Crippen LogP contribution is -2.22. The lowest BCUT2D eigenvalue weighted by Gasteiger charge is -2.19. The Kier molecular flexibility index (Phi) is 3.20. The van der Waals surface area contributed by atoms with Gasteiger partial charge in [0.15, 0.2) is 5.82 Å². The van der Waals surface area contributed by atoms with Gasteiger partial charge in [-0.05, 0) is 31.6 Å². The third-order valence-corrected chi connectivity index (χ3v) is 4.21. The minimum absolute atomic E-state index is 0.495. The molecule has 1 saturated heterocycles. The zero-order valence-corrected chi connectivity index (χ0v) is 11.2. The molecule has 0 N–H and O–H groups in total. The number of hydrogen-bond acceptors (Lipinski definition) is 4. The van der Waals surface area contributed by atoms with Crippen molar-refractivity contribution in [2.75, 3.05) is 25.1 Å². The molecule has 1 aliphatic heterocycles. The summed E-state index contributed by atoms with van der Waals surface area (Å²) < 4.78 is 5.13. The number of anilines is 1. The minimum atomic E-state index is 0.495. The maximum absolute atomic E-state index is 5.13. The number of ether oxygens (including phenoxy) is 1. The standard InChI is InChI=1S/C14H21N3O/c1-10-6-14(16-13(15-10)9-18-2)17-7-11-4-3-5-12(11)8-17/h6,11-12H,3-5,7-9H2,1-2H3/t11-,12-/m1/s1. The first-order chi connectivity index (χ1) is 8.76. The molecule has 4 nitrogen and oxygen atoms in total. The lowest BCUT2D eigenvalue weighted by molar-refractivity contribution is 0.177. The highest BCUT2D eigenvalue weighted by molar-refractivity contribution is 5.41. The first-order valence-corrected chi connectivity index (χ1v) is 6.84. The molecular weight excluding hydrogens is 226 g/mol. The van der Waals surface area contributed by atoms with Gasteiger partial charge >= 0.3 is 0 Å². The van der Waals surface area contributed by atoms with Gasteiger partial charge in [-0.25, -0.2) is 9.97 Å². The van der Waals surface area contributed by atoms with E-state index >= 15 is 0 Å². The summed E-state index contributed by atoms with van der Waals surface area (Å²) in [4.78, 5) is 11.5. The molecule has 0 aromatic carbocycles. The van der Waals surface area contributed by atoms with Crippen molar-refractivity contribution in [3.05, 3.63) is 17.6 Å². The summed E-state index contributed by atoms with van der Waals surface area (Å²) in [5.74, 6) is 3.67. The molecule has 18 heavy (non-hydrogen) atoms. The Hall–Kier alpha value is -1.16. The van der Waals surface area contributed by atoms with E-state index in [-0.39, 0.29) is 0 Å². The van der Waals surface area contributed by atoms with Gasteiger partial charge in [0.05, 0.1) is 0 Å². The van der Waals surface area contributed by atoms with Crippen molar-refractivity contribution >= 4 is 5.82 Å². The molecule has 1 aromatic rings. The van der Waals surface area contributed by atoms with Gasteiger partial charge in [-0.15, -0.1) is 0 Å². The molecule has 2 heterocycles.